The van der Waals surface area contributed by atoms with Crippen LogP contribution in [0.25, 0.3) is 0 Å². The zero-order chi connectivity index (χ0) is 13.0. The van der Waals surface area contributed by atoms with E-state index in [1.54, 1.807) is 0 Å². The first kappa shape index (κ1) is 14.3. The lowest BCUT2D eigenvalue weighted by atomic mass is 10.1. The number of aliphatic hydroxyl groups is 1. The number of hydrogen-bond acceptors (Lipinski definition) is 4. The van der Waals surface area contributed by atoms with Crippen molar-refractivity contribution in [2.24, 2.45) is 5.92 Å². The highest BCUT2D eigenvalue weighted by atomic mass is 32.1. The number of carbonyl (C=O) groups excluding carboxylic acids is 1. The van der Waals surface area contributed by atoms with Crippen LogP contribution < -0.4 is 5.32 Å². The van der Waals surface area contributed by atoms with Crippen molar-refractivity contribution < 1.29 is 9.90 Å². The summed E-state index contributed by atoms with van der Waals surface area (Å²) in [6.45, 7) is 5.80. The number of rotatable bonds is 5. The Hall–Kier alpha value is -0.720. The predicted octanol–water partition coefficient (Wildman–Crippen LogP) is 1.79. The van der Waals surface area contributed by atoms with Gasteiger partial charge in [-0.1, -0.05) is 13.8 Å². The Morgan fingerprint density at radius 3 is 2.65 bits per heavy atom. The molecular weight excluding hydrogens is 256 g/mol. The fourth-order valence-electron chi connectivity index (χ4n) is 1.43. The standard InChI is InChI=1S/C11H18N2O2S2/c1-6(2)8(5-14)13-10(15)4-9-7(3)12-11(16)17-9/h6,8,14H,4-5H2,1-3H3,(H,12,16)(H,13,15). The van der Waals surface area contributed by atoms with Crippen LogP contribution in [0.3, 0.4) is 0 Å². The van der Waals surface area contributed by atoms with E-state index >= 15 is 0 Å². The number of hydrogen-bond donors (Lipinski definition) is 3. The van der Waals surface area contributed by atoms with Crippen molar-refractivity contribution >= 4 is 29.5 Å². The third kappa shape index (κ3) is 4.22. The van der Waals surface area contributed by atoms with Gasteiger partial charge in [0.15, 0.2) is 3.95 Å². The summed E-state index contributed by atoms with van der Waals surface area (Å²) >= 11 is 6.44. The molecule has 0 radical (unpaired) electrons. The molecule has 4 nitrogen and oxygen atoms in total. The third-order valence-electron chi connectivity index (χ3n) is 2.59. The number of aryl methyl sites for hydroxylation is 1. The van der Waals surface area contributed by atoms with Crippen LogP contribution >= 0.6 is 23.6 Å². The second-order valence-corrected chi connectivity index (χ2v) is 6.11. The molecule has 1 aromatic heterocycles. The van der Waals surface area contributed by atoms with Crippen LogP contribution in [0.4, 0.5) is 0 Å². The molecule has 96 valence electrons. The van der Waals surface area contributed by atoms with Crippen molar-refractivity contribution in [2.75, 3.05) is 6.61 Å². The van der Waals surface area contributed by atoms with Gasteiger partial charge in [-0.25, -0.2) is 0 Å². The fraction of sp³-hybridized carbons (Fsp3) is 0.636. The van der Waals surface area contributed by atoms with Crippen LogP contribution in [-0.2, 0) is 11.2 Å². The number of aromatic nitrogens is 1. The van der Waals surface area contributed by atoms with Gasteiger partial charge in [0.1, 0.15) is 0 Å². The topological polar surface area (TPSA) is 65.1 Å². The maximum Gasteiger partial charge on any atom is 0.225 e. The second kappa shape index (κ2) is 6.28. The van der Waals surface area contributed by atoms with Gasteiger partial charge in [0.25, 0.3) is 0 Å². The molecule has 1 rings (SSSR count). The van der Waals surface area contributed by atoms with Crippen molar-refractivity contribution in [3.05, 3.63) is 14.5 Å². The molecule has 0 fully saturated rings. The van der Waals surface area contributed by atoms with Crippen molar-refractivity contribution in [1.82, 2.24) is 10.3 Å². The quantitative estimate of drug-likeness (QED) is 0.717. The van der Waals surface area contributed by atoms with Gasteiger partial charge >= 0.3 is 0 Å². The molecule has 17 heavy (non-hydrogen) atoms. The predicted molar refractivity (Wildman–Crippen MR) is 71.8 cm³/mol. The average Bonchev–Trinajstić information content (AvgIpc) is 2.53. The first-order valence-corrected chi connectivity index (χ1v) is 6.75. The minimum absolute atomic E-state index is 0.0365. The molecule has 0 aliphatic rings. The molecule has 3 N–H and O–H groups in total. The minimum atomic E-state index is -0.185. The molecule has 1 unspecified atom stereocenters. The molecule has 0 spiro atoms. The first-order chi connectivity index (χ1) is 7.93. The van der Waals surface area contributed by atoms with Crippen LogP contribution in [0.5, 0.6) is 0 Å². The molecule has 0 aliphatic carbocycles. The number of aliphatic hydroxyl groups excluding tert-OH is 1. The lowest BCUT2D eigenvalue weighted by Crippen LogP contribution is -2.41. The van der Waals surface area contributed by atoms with E-state index in [0.29, 0.717) is 10.4 Å². The van der Waals surface area contributed by atoms with E-state index in [0.717, 1.165) is 10.6 Å². The molecule has 0 aliphatic heterocycles. The molecule has 0 saturated carbocycles. The van der Waals surface area contributed by atoms with Crippen molar-refractivity contribution in [2.45, 2.75) is 33.2 Å². The normalized spacial score (nSPS) is 12.8. The van der Waals surface area contributed by atoms with Crippen LogP contribution in [-0.4, -0.2) is 28.6 Å². The van der Waals surface area contributed by atoms with Crippen LogP contribution in [0.1, 0.15) is 24.4 Å². The lowest BCUT2D eigenvalue weighted by molar-refractivity contribution is -0.121. The van der Waals surface area contributed by atoms with Crippen molar-refractivity contribution in [1.29, 1.82) is 0 Å². The van der Waals surface area contributed by atoms with E-state index in [4.69, 9.17) is 17.3 Å². The number of nitrogens with one attached hydrogen (secondary N) is 2. The highest BCUT2D eigenvalue weighted by Crippen LogP contribution is 2.15. The van der Waals surface area contributed by atoms with E-state index in [-0.39, 0.29) is 24.5 Å². The summed E-state index contributed by atoms with van der Waals surface area (Å²) in [5, 5.41) is 12.0. The molecule has 0 bridgehead atoms. The first-order valence-electron chi connectivity index (χ1n) is 5.52. The Morgan fingerprint density at radius 2 is 2.24 bits per heavy atom. The Labute approximate surface area is 110 Å². The second-order valence-electron chi connectivity index (χ2n) is 4.34. The van der Waals surface area contributed by atoms with E-state index < -0.39 is 0 Å². The van der Waals surface area contributed by atoms with Crippen LogP contribution in [0.15, 0.2) is 0 Å². The van der Waals surface area contributed by atoms with E-state index in [9.17, 15) is 4.79 Å². The zero-order valence-corrected chi connectivity index (χ0v) is 11.9. The number of carbonyl (C=O) groups is 1. The van der Waals surface area contributed by atoms with Gasteiger partial charge in [-0.15, -0.1) is 11.3 Å². The smallest absolute Gasteiger partial charge is 0.225 e. The van der Waals surface area contributed by atoms with E-state index in [1.807, 2.05) is 20.8 Å². The Bertz CT molecular complexity index is 437. The Balaban J connectivity index is 2.61. The maximum atomic E-state index is 11.8. The Kier molecular flexibility index (Phi) is 5.30. The summed E-state index contributed by atoms with van der Waals surface area (Å²) in [6.07, 6.45) is 0.312. The summed E-state index contributed by atoms with van der Waals surface area (Å²) in [4.78, 5) is 15.7. The third-order valence-corrected chi connectivity index (χ3v) is 3.93. The molecule has 1 atom stereocenters. The average molecular weight is 274 g/mol. The van der Waals surface area contributed by atoms with Crippen molar-refractivity contribution in [3.63, 3.8) is 0 Å². The lowest BCUT2D eigenvalue weighted by Gasteiger charge is -2.19. The van der Waals surface area contributed by atoms with Gasteiger partial charge in [0.2, 0.25) is 5.91 Å². The summed E-state index contributed by atoms with van der Waals surface area (Å²) < 4.78 is 0.688. The summed E-state index contributed by atoms with van der Waals surface area (Å²) in [5.41, 5.74) is 0.945. The van der Waals surface area contributed by atoms with E-state index in [1.165, 1.54) is 11.3 Å². The fourth-order valence-corrected chi connectivity index (χ4v) is 2.72. The summed E-state index contributed by atoms with van der Waals surface area (Å²) in [7, 11) is 0. The largest absolute Gasteiger partial charge is 0.394 e. The van der Waals surface area contributed by atoms with Gasteiger partial charge < -0.3 is 15.4 Å². The number of amides is 1. The molecule has 6 heteroatoms. The molecule has 1 heterocycles. The van der Waals surface area contributed by atoms with E-state index in [2.05, 4.69) is 10.3 Å². The molecule has 1 amide bonds. The summed E-state index contributed by atoms with van der Waals surface area (Å²) in [6, 6.07) is -0.185. The Morgan fingerprint density at radius 1 is 1.59 bits per heavy atom. The van der Waals surface area contributed by atoms with Crippen LogP contribution in [0, 0.1) is 16.8 Å². The maximum absolute atomic E-state index is 11.8. The molecular formula is C11H18N2O2S2. The monoisotopic (exact) mass is 274 g/mol. The van der Waals surface area contributed by atoms with Crippen molar-refractivity contribution in [3.8, 4) is 0 Å². The molecule has 1 aromatic rings. The highest BCUT2D eigenvalue weighted by molar-refractivity contribution is 7.73. The minimum Gasteiger partial charge on any atom is -0.394 e. The van der Waals surface area contributed by atoms with Gasteiger partial charge in [-0.3, -0.25) is 4.79 Å². The van der Waals surface area contributed by atoms with Crippen LogP contribution in [0.2, 0.25) is 0 Å². The summed E-state index contributed by atoms with van der Waals surface area (Å²) in [5.74, 6) is 0.139. The van der Waals surface area contributed by atoms with Gasteiger partial charge in [0, 0.05) is 10.6 Å². The zero-order valence-electron chi connectivity index (χ0n) is 10.2. The number of H-pyrrole nitrogens is 1. The highest BCUT2D eigenvalue weighted by Gasteiger charge is 2.16. The SMILES string of the molecule is Cc1[nH]c(=S)sc1CC(=O)NC(CO)C(C)C. The van der Waals surface area contributed by atoms with Gasteiger partial charge in [-0.05, 0) is 25.1 Å². The van der Waals surface area contributed by atoms with Gasteiger partial charge in [-0.2, -0.15) is 0 Å². The molecule has 0 saturated heterocycles. The number of thiazole rings is 1. The van der Waals surface area contributed by atoms with Gasteiger partial charge in [0.05, 0.1) is 19.1 Å². The number of aromatic amines is 1. The molecule has 0 aromatic carbocycles.